The molecule has 0 saturated carbocycles. The molecule has 0 amide bonds. The summed E-state index contributed by atoms with van der Waals surface area (Å²) in [6, 6.07) is 9.93. The van der Waals surface area contributed by atoms with Gasteiger partial charge in [0.2, 0.25) is 6.79 Å². The monoisotopic (exact) mass is 353 g/mol. The third kappa shape index (κ3) is 3.11. The first-order chi connectivity index (χ1) is 10.1. The maximum Gasteiger partial charge on any atom is 0.231 e. The molecular formula is C15H13BrFNO3. The fraction of sp³-hybridized carbons (Fsp3) is 0.200. The molecule has 0 radical (unpaired) electrons. The Balaban J connectivity index is 1.66. The van der Waals surface area contributed by atoms with Crippen molar-refractivity contribution >= 4 is 21.6 Å². The zero-order valence-electron chi connectivity index (χ0n) is 11.0. The van der Waals surface area contributed by atoms with Gasteiger partial charge in [-0.25, -0.2) is 4.39 Å². The molecule has 21 heavy (non-hydrogen) atoms. The molecule has 0 aromatic heterocycles. The van der Waals surface area contributed by atoms with Gasteiger partial charge in [-0.2, -0.15) is 0 Å². The van der Waals surface area contributed by atoms with Crippen LogP contribution in [0.25, 0.3) is 0 Å². The molecule has 110 valence electrons. The highest BCUT2D eigenvalue weighted by molar-refractivity contribution is 9.10. The Morgan fingerprint density at radius 1 is 1.19 bits per heavy atom. The Hall–Kier alpha value is -1.79. The molecule has 1 atom stereocenters. The summed E-state index contributed by atoms with van der Waals surface area (Å²) in [6.07, 6.45) is -0.705. The predicted molar refractivity (Wildman–Crippen MR) is 80.1 cm³/mol. The van der Waals surface area contributed by atoms with Crippen LogP contribution in [0.5, 0.6) is 11.5 Å². The van der Waals surface area contributed by atoms with Gasteiger partial charge >= 0.3 is 0 Å². The molecule has 0 fully saturated rings. The van der Waals surface area contributed by atoms with Gasteiger partial charge in [0.15, 0.2) is 11.5 Å². The first-order valence-corrected chi connectivity index (χ1v) is 7.19. The molecule has 0 bridgehead atoms. The van der Waals surface area contributed by atoms with E-state index in [-0.39, 0.29) is 12.6 Å². The molecule has 2 aromatic rings. The van der Waals surface area contributed by atoms with E-state index >= 15 is 0 Å². The molecule has 1 aliphatic heterocycles. The first kappa shape index (κ1) is 14.2. The summed E-state index contributed by atoms with van der Waals surface area (Å²) in [5.74, 6) is 0.995. The predicted octanol–water partition coefficient (Wildman–Crippen LogP) is 3.46. The number of aliphatic hydroxyl groups excluding tert-OH is 1. The number of benzene rings is 2. The van der Waals surface area contributed by atoms with Crippen LogP contribution in [-0.4, -0.2) is 18.4 Å². The molecule has 1 heterocycles. The van der Waals surface area contributed by atoms with Crippen molar-refractivity contribution in [2.75, 3.05) is 18.7 Å². The van der Waals surface area contributed by atoms with Gasteiger partial charge in [0.25, 0.3) is 0 Å². The molecule has 2 N–H and O–H groups in total. The number of ether oxygens (including phenoxy) is 2. The third-order valence-corrected chi connectivity index (χ3v) is 3.81. The van der Waals surface area contributed by atoms with Crippen molar-refractivity contribution in [3.05, 3.63) is 52.3 Å². The number of hydrogen-bond acceptors (Lipinski definition) is 4. The van der Waals surface area contributed by atoms with Gasteiger partial charge in [-0.05, 0) is 51.8 Å². The van der Waals surface area contributed by atoms with Gasteiger partial charge in [0.05, 0.1) is 10.6 Å². The van der Waals surface area contributed by atoms with E-state index < -0.39 is 6.10 Å². The van der Waals surface area contributed by atoms with E-state index in [0.717, 1.165) is 11.3 Å². The number of anilines is 1. The van der Waals surface area contributed by atoms with Gasteiger partial charge < -0.3 is 19.9 Å². The maximum absolute atomic E-state index is 13.1. The lowest BCUT2D eigenvalue weighted by Gasteiger charge is -2.14. The highest BCUT2D eigenvalue weighted by Crippen LogP contribution is 2.34. The third-order valence-electron chi connectivity index (χ3n) is 3.20. The van der Waals surface area contributed by atoms with Gasteiger partial charge in [0, 0.05) is 12.2 Å². The normalized spacial score (nSPS) is 14.0. The van der Waals surface area contributed by atoms with Crippen molar-refractivity contribution in [2.45, 2.75) is 6.10 Å². The number of hydrogen-bond donors (Lipinski definition) is 2. The fourth-order valence-electron chi connectivity index (χ4n) is 2.06. The lowest BCUT2D eigenvalue weighted by Crippen LogP contribution is -2.12. The molecule has 0 aliphatic carbocycles. The summed E-state index contributed by atoms with van der Waals surface area (Å²) in [5, 5.41) is 13.3. The highest BCUT2D eigenvalue weighted by Gasteiger charge is 2.16. The molecule has 0 spiro atoms. The van der Waals surface area contributed by atoms with Crippen LogP contribution in [0.15, 0.2) is 40.9 Å². The lowest BCUT2D eigenvalue weighted by molar-refractivity contribution is 0.173. The average Bonchev–Trinajstić information content (AvgIpc) is 2.95. The van der Waals surface area contributed by atoms with Crippen molar-refractivity contribution in [2.24, 2.45) is 0 Å². The van der Waals surface area contributed by atoms with Gasteiger partial charge in [-0.15, -0.1) is 0 Å². The summed E-state index contributed by atoms with van der Waals surface area (Å²) in [6.45, 7) is 0.508. The summed E-state index contributed by atoms with van der Waals surface area (Å²) < 4.78 is 24.0. The smallest absolute Gasteiger partial charge is 0.231 e. The Labute approximate surface area is 129 Å². The van der Waals surface area contributed by atoms with E-state index in [2.05, 4.69) is 21.2 Å². The Bertz CT molecular complexity index is 665. The number of aliphatic hydroxyl groups is 1. The van der Waals surface area contributed by atoms with Gasteiger partial charge in [-0.3, -0.25) is 0 Å². The molecule has 4 nitrogen and oxygen atoms in total. The molecule has 6 heteroatoms. The molecule has 3 rings (SSSR count). The van der Waals surface area contributed by atoms with E-state index in [9.17, 15) is 9.50 Å². The summed E-state index contributed by atoms with van der Waals surface area (Å²) >= 11 is 3.12. The van der Waals surface area contributed by atoms with Crippen LogP contribution in [-0.2, 0) is 0 Å². The summed E-state index contributed by atoms with van der Waals surface area (Å²) in [7, 11) is 0. The summed E-state index contributed by atoms with van der Waals surface area (Å²) in [5.41, 5.74) is 1.45. The fourth-order valence-corrected chi connectivity index (χ4v) is 2.44. The van der Waals surface area contributed by atoms with Crippen molar-refractivity contribution in [1.82, 2.24) is 0 Å². The molecule has 1 aliphatic rings. The minimum Gasteiger partial charge on any atom is -0.454 e. The van der Waals surface area contributed by atoms with Crippen molar-refractivity contribution in [1.29, 1.82) is 0 Å². The van der Waals surface area contributed by atoms with Crippen LogP contribution in [0.1, 0.15) is 11.7 Å². The maximum atomic E-state index is 13.1. The molecule has 0 saturated heterocycles. The molecule has 1 unspecified atom stereocenters. The van der Waals surface area contributed by atoms with Crippen molar-refractivity contribution < 1.29 is 19.0 Å². The second-order valence-electron chi connectivity index (χ2n) is 4.64. The first-order valence-electron chi connectivity index (χ1n) is 6.40. The van der Waals surface area contributed by atoms with Crippen LogP contribution in [0.2, 0.25) is 0 Å². The Morgan fingerprint density at radius 3 is 2.81 bits per heavy atom. The number of nitrogens with one attached hydrogen (secondary N) is 1. The van der Waals surface area contributed by atoms with E-state index in [4.69, 9.17) is 9.47 Å². The largest absolute Gasteiger partial charge is 0.454 e. The van der Waals surface area contributed by atoms with Crippen LogP contribution < -0.4 is 14.8 Å². The number of halogens is 2. The zero-order chi connectivity index (χ0) is 14.8. The van der Waals surface area contributed by atoms with Crippen molar-refractivity contribution in [3.8, 4) is 11.5 Å². The topological polar surface area (TPSA) is 50.7 Å². The van der Waals surface area contributed by atoms with Crippen LogP contribution in [0.4, 0.5) is 10.1 Å². The Morgan fingerprint density at radius 2 is 2.00 bits per heavy atom. The van der Waals surface area contributed by atoms with E-state index in [1.165, 1.54) is 6.07 Å². The van der Waals surface area contributed by atoms with Crippen LogP contribution in [0, 0.1) is 5.82 Å². The van der Waals surface area contributed by atoms with Gasteiger partial charge in [0.1, 0.15) is 5.82 Å². The van der Waals surface area contributed by atoms with Crippen LogP contribution >= 0.6 is 15.9 Å². The second kappa shape index (κ2) is 5.91. The van der Waals surface area contributed by atoms with Gasteiger partial charge in [-0.1, -0.05) is 6.07 Å². The second-order valence-corrected chi connectivity index (χ2v) is 5.49. The van der Waals surface area contributed by atoms with Crippen LogP contribution in [0.3, 0.4) is 0 Å². The lowest BCUT2D eigenvalue weighted by atomic mass is 10.1. The summed E-state index contributed by atoms with van der Waals surface area (Å²) in [4.78, 5) is 0. The van der Waals surface area contributed by atoms with E-state index in [1.807, 2.05) is 0 Å². The SMILES string of the molecule is OC(CNc1ccc(F)c(Br)c1)c1ccc2c(c1)OCO2. The Kier molecular flexibility index (Phi) is 3.98. The van der Waals surface area contributed by atoms with E-state index in [0.29, 0.717) is 22.5 Å². The van der Waals surface area contributed by atoms with E-state index in [1.54, 1.807) is 30.3 Å². The number of fused-ring (bicyclic) bond motifs is 1. The minimum absolute atomic E-state index is 0.205. The molecule has 2 aromatic carbocycles. The standard InChI is InChI=1S/C15H13BrFNO3/c16-11-6-10(2-3-12(11)17)18-7-13(19)9-1-4-14-15(5-9)21-8-20-14/h1-6,13,18-19H,7-8H2. The minimum atomic E-state index is -0.705. The number of rotatable bonds is 4. The average molecular weight is 354 g/mol. The van der Waals surface area contributed by atoms with Crippen molar-refractivity contribution in [3.63, 3.8) is 0 Å². The quantitative estimate of drug-likeness (QED) is 0.883. The zero-order valence-corrected chi connectivity index (χ0v) is 12.6. The molecular weight excluding hydrogens is 341 g/mol. The highest BCUT2D eigenvalue weighted by atomic mass is 79.9.